The number of fused-ring (bicyclic) bond motifs is 2. The smallest absolute Gasteiger partial charge is 0.411 e. The van der Waals surface area contributed by atoms with Gasteiger partial charge in [0.1, 0.15) is 22.9 Å². The van der Waals surface area contributed by atoms with E-state index in [1.807, 2.05) is 64.7 Å². The van der Waals surface area contributed by atoms with Gasteiger partial charge in [-0.1, -0.05) is 59.0 Å². The fourth-order valence-electron chi connectivity index (χ4n) is 6.26. The zero-order chi connectivity index (χ0) is 33.7. The molecule has 12 nitrogen and oxygen atoms in total. The number of carbonyl (C=O) groups is 1. The number of nitrogens with one attached hydrogen (secondary N) is 3. The van der Waals surface area contributed by atoms with E-state index in [1.54, 1.807) is 17.4 Å². The summed E-state index contributed by atoms with van der Waals surface area (Å²) in [5.41, 5.74) is 5.58. The van der Waals surface area contributed by atoms with E-state index in [1.165, 1.54) is 6.07 Å². The van der Waals surface area contributed by atoms with E-state index < -0.39 is 12.2 Å². The molecular weight excluding hydrogens is 663 g/mol. The highest BCUT2D eigenvalue weighted by molar-refractivity contribution is 7.16. The molecule has 1 unspecified atom stereocenters. The summed E-state index contributed by atoms with van der Waals surface area (Å²) >= 11 is 2.57. The number of phenols is 1. The molecule has 254 valence electrons. The Bertz CT molecular complexity index is 2100. The van der Waals surface area contributed by atoms with Crippen LogP contribution in [0.15, 0.2) is 76.9 Å². The first-order chi connectivity index (χ1) is 23.9. The van der Waals surface area contributed by atoms with E-state index in [-0.39, 0.29) is 23.3 Å². The highest BCUT2D eigenvalue weighted by Crippen LogP contribution is 2.34. The number of phenolic OH excluding ortho intramolecular Hbond substituents is 1. The minimum Gasteiger partial charge on any atom is -0.506 e. The number of benzene rings is 3. The van der Waals surface area contributed by atoms with Crippen LogP contribution < -0.4 is 15.5 Å². The molecule has 0 bridgehead atoms. The summed E-state index contributed by atoms with van der Waals surface area (Å²) in [7, 11) is 0. The Morgan fingerprint density at radius 3 is 2.76 bits per heavy atom. The van der Waals surface area contributed by atoms with Crippen molar-refractivity contribution in [2.75, 3.05) is 31.5 Å². The van der Waals surface area contributed by atoms with Gasteiger partial charge < -0.3 is 30.2 Å². The minimum absolute atomic E-state index is 0.0141. The number of carbonyl (C=O) groups excluding carboxylic acids is 1. The molecule has 0 spiro atoms. The minimum atomic E-state index is -0.845. The van der Waals surface area contributed by atoms with Gasteiger partial charge in [-0.25, -0.2) is 9.48 Å². The molecule has 3 aromatic carbocycles. The van der Waals surface area contributed by atoms with Crippen molar-refractivity contribution >= 4 is 55.7 Å². The van der Waals surface area contributed by atoms with Crippen LogP contribution in [0.1, 0.15) is 36.5 Å². The monoisotopic (exact) mass is 699 g/mol. The van der Waals surface area contributed by atoms with Crippen molar-refractivity contribution in [1.82, 2.24) is 30.2 Å². The van der Waals surface area contributed by atoms with Gasteiger partial charge >= 0.3 is 11.0 Å². The van der Waals surface area contributed by atoms with Gasteiger partial charge in [0.25, 0.3) is 0 Å². The van der Waals surface area contributed by atoms with Gasteiger partial charge in [0, 0.05) is 38.3 Å². The van der Waals surface area contributed by atoms with Gasteiger partial charge in [0.05, 0.1) is 26.9 Å². The number of thiazole rings is 1. The molecule has 3 aromatic heterocycles. The van der Waals surface area contributed by atoms with Crippen LogP contribution in [0.3, 0.4) is 0 Å². The predicted octanol–water partition coefficient (Wildman–Crippen LogP) is 5.69. The molecule has 1 aliphatic heterocycles. The topological polar surface area (TPSA) is 158 Å². The molecule has 49 heavy (non-hydrogen) atoms. The molecule has 1 saturated heterocycles. The molecule has 6 aromatic rings. The predicted molar refractivity (Wildman–Crippen MR) is 192 cm³/mol. The molecule has 1 fully saturated rings. The van der Waals surface area contributed by atoms with E-state index in [0.29, 0.717) is 22.3 Å². The second kappa shape index (κ2) is 14.9. The molecule has 14 heteroatoms. The average Bonchev–Trinajstić information content (AvgIpc) is 3.85. The number of ether oxygens (including phenoxy) is 1. The quantitative estimate of drug-likeness (QED) is 0.108. The normalized spacial score (nSPS) is 14.8. The van der Waals surface area contributed by atoms with Crippen LogP contribution in [0, 0.1) is 0 Å². The Balaban J connectivity index is 0.834. The van der Waals surface area contributed by atoms with Crippen molar-refractivity contribution in [3.63, 3.8) is 0 Å². The average molecular weight is 700 g/mol. The number of aromatic nitrogens is 4. The number of H-pyrrole nitrogens is 1. The first kappa shape index (κ1) is 32.9. The number of aromatic amines is 1. The molecule has 0 saturated carbocycles. The summed E-state index contributed by atoms with van der Waals surface area (Å²) in [5.74, 6) is -0.0141. The third-order valence-electron chi connectivity index (χ3n) is 8.78. The zero-order valence-corrected chi connectivity index (χ0v) is 28.3. The van der Waals surface area contributed by atoms with Crippen molar-refractivity contribution in [1.29, 1.82) is 0 Å². The summed E-state index contributed by atoms with van der Waals surface area (Å²) in [6, 6.07) is 21.1. The molecular formula is C35H37N7O5S2. The number of likely N-dealkylation sites (tertiary alicyclic amines) is 1. The number of aromatic hydroxyl groups is 1. The van der Waals surface area contributed by atoms with Crippen LogP contribution in [-0.4, -0.2) is 73.5 Å². The number of amides is 1. The number of aliphatic hydroxyl groups excluding tert-OH is 1. The number of hydrogen-bond donors (Lipinski definition) is 5. The van der Waals surface area contributed by atoms with E-state index >= 15 is 0 Å². The highest BCUT2D eigenvalue weighted by Gasteiger charge is 2.23. The lowest BCUT2D eigenvalue weighted by Crippen LogP contribution is -2.39. The third kappa shape index (κ3) is 7.68. The van der Waals surface area contributed by atoms with Crippen molar-refractivity contribution < 1.29 is 19.7 Å². The second-order valence-electron chi connectivity index (χ2n) is 12.1. The maximum Gasteiger partial charge on any atom is 0.411 e. The second-order valence-corrected chi connectivity index (χ2v) is 14.0. The van der Waals surface area contributed by atoms with Crippen LogP contribution in [0.2, 0.25) is 0 Å². The summed E-state index contributed by atoms with van der Waals surface area (Å²) < 4.78 is 8.26. The number of anilines is 1. The van der Waals surface area contributed by atoms with Gasteiger partial charge in [0.2, 0.25) is 0 Å². The Morgan fingerprint density at radius 1 is 1.08 bits per heavy atom. The van der Waals surface area contributed by atoms with E-state index in [4.69, 9.17) is 4.74 Å². The number of thiophene rings is 1. The number of rotatable bonds is 12. The lowest BCUT2D eigenvalue weighted by atomic mass is 10.1. The Hall–Kier alpha value is -4.60. The van der Waals surface area contributed by atoms with E-state index in [2.05, 4.69) is 30.8 Å². The van der Waals surface area contributed by atoms with Crippen LogP contribution in [-0.2, 0) is 17.8 Å². The fraction of sp³-hybridized carbons (Fsp3) is 0.314. The molecule has 0 aliphatic carbocycles. The van der Waals surface area contributed by atoms with Crippen LogP contribution in [0.4, 0.5) is 10.5 Å². The maximum absolute atomic E-state index is 12.7. The largest absolute Gasteiger partial charge is 0.506 e. The molecule has 7 rings (SSSR count). The number of aliphatic hydroxyl groups is 1. The standard InChI is InChI=1S/C35H37N7O5S2/c43-29-10-8-25(33-31(29)38-35(46)49-33)30(44)21-36-20-22-7-9-28-27(19-22)39-40-42(28)15-4-14-41-16-11-24(12-17-41)47-34(45)37-26-13-18-48-32(26)23-5-2-1-3-6-23/h1-3,5-10,13,18-19,24,30,36,43-44H,4,11-12,14-17,20-21H2,(H,37,45)(H,38,46). The van der Waals surface area contributed by atoms with E-state index in [9.17, 15) is 19.8 Å². The lowest BCUT2D eigenvalue weighted by molar-refractivity contribution is 0.0583. The van der Waals surface area contributed by atoms with Crippen LogP contribution in [0.25, 0.3) is 31.7 Å². The first-order valence-electron chi connectivity index (χ1n) is 16.3. The van der Waals surface area contributed by atoms with E-state index in [0.717, 1.165) is 89.5 Å². The summed E-state index contributed by atoms with van der Waals surface area (Å²) in [5, 5.41) is 37.7. The van der Waals surface area contributed by atoms with Gasteiger partial charge in [-0.2, -0.15) is 0 Å². The van der Waals surface area contributed by atoms with Crippen molar-refractivity contribution in [3.05, 3.63) is 92.9 Å². The van der Waals surface area contributed by atoms with Gasteiger partial charge in [-0.3, -0.25) is 10.1 Å². The Labute approximate surface area is 290 Å². The fourth-order valence-corrected chi connectivity index (χ4v) is 8.04. The van der Waals surface area contributed by atoms with Gasteiger partial charge in [0.15, 0.2) is 0 Å². The molecule has 0 radical (unpaired) electrons. The highest BCUT2D eigenvalue weighted by atomic mass is 32.1. The SMILES string of the molecule is O=C(Nc1ccsc1-c1ccccc1)OC1CCN(CCCn2nnc3cc(CNCC(O)c4ccc(O)c5[nH]c(=O)sc45)ccc32)CC1. The molecule has 4 heterocycles. The molecule has 5 N–H and O–H groups in total. The third-order valence-corrected chi connectivity index (χ3v) is 10.7. The number of piperidine rings is 1. The molecule has 1 atom stereocenters. The molecule has 1 aliphatic rings. The lowest BCUT2D eigenvalue weighted by Gasteiger charge is -2.31. The maximum atomic E-state index is 12.7. The summed E-state index contributed by atoms with van der Waals surface area (Å²) in [6.07, 6.45) is 1.17. The number of hydrogen-bond acceptors (Lipinski definition) is 11. The number of aryl methyl sites for hydroxylation is 1. The van der Waals surface area contributed by atoms with Crippen molar-refractivity contribution in [2.24, 2.45) is 0 Å². The van der Waals surface area contributed by atoms with Crippen LogP contribution in [0.5, 0.6) is 5.75 Å². The van der Waals surface area contributed by atoms with Crippen LogP contribution >= 0.6 is 22.7 Å². The van der Waals surface area contributed by atoms with Gasteiger partial charge in [-0.15, -0.1) is 16.4 Å². The summed E-state index contributed by atoms with van der Waals surface area (Å²) in [6.45, 7) is 4.21. The molecule has 1 amide bonds. The zero-order valence-electron chi connectivity index (χ0n) is 26.7. The first-order valence-corrected chi connectivity index (χ1v) is 18.0. The number of nitrogens with zero attached hydrogens (tertiary/aromatic N) is 4. The van der Waals surface area contributed by atoms with Gasteiger partial charge in [-0.05, 0) is 66.6 Å². The Kier molecular flexibility index (Phi) is 10.0. The summed E-state index contributed by atoms with van der Waals surface area (Å²) in [4.78, 5) is 30.2. The van der Waals surface area contributed by atoms with Crippen molar-refractivity contribution in [3.8, 4) is 16.2 Å². The van der Waals surface area contributed by atoms with Crippen molar-refractivity contribution in [2.45, 2.75) is 44.6 Å². The Morgan fingerprint density at radius 2 is 1.92 bits per heavy atom.